The van der Waals surface area contributed by atoms with Crippen molar-refractivity contribution in [3.8, 4) is 0 Å². The lowest BCUT2D eigenvalue weighted by Gasteiger charge is -2.20. The van der Waals surface area contributed by atoms with Crippen molar-refractivity contribution >= 4 is 10.1 Å². The van der Waals surface area contributed by atoms with Gasteiger partial charge in [0, 0.05) is 6.42 Å². The zero-order valence-electron chi connectivity index (χ0n) is 12.5. The Hall–Kier alpha value is -1.20. The molecule has 0 N–H and O–H groups in total. The van der Waals surface area contributed by atoms with Crippen molar-refractivity contribution in [2.75, 3.05) is 0 Å². The Bertz CT molecular complexity index is 598. The molecule has 120 valence electrons. The van der Waals surface area contributed by atoms with E-state index >= 15 is 0 Å². The van der Waals surface area contributed by atoms with Gasteiger partial charge in [0.1, 0.15) is 5.76 Å². The van der Waals surface area contributed by atoms with E-state index in [4.69, 9.17) is 0 Å². The number of hydrogen-bond acceptors (Lipinski definition) is 3. The van der Waals surface area contributed by atoms with Crippen molar-refractivity contribution in [3.05, 3.63) is 28.7 Å². The van der Waals surface area contributed by atoms with Crippen molar-refractivity contribution in [2.45, 2.75) is 52.5 Å². The molecule has 0 aromatic rings. The summed E-state index contributed by atoms with van der Waals surface area (Å²) in [5.74, 6) is -0.150. The first-order valence-corrected chi connectivity index (χ1v) is 7.92. The van der Waals surface area contributed by atoms with Crippen LogP contribution in [0.4, 0.5) is 13.2 Å². The van der Waals surface area contributed by atoms with Gasteiger partial charge in [-0.1, -0.05) is 20.8 Å². The second-order valence-corrected chi connectivity index (χ2v) is 7.56. The maximum Gasteiger partial charge on any atom is 0.534 e. The van der Waals surface area contributed by atoms with Gasteiger partial charge >= 0.3 is 15.6 Å². The zero-order chi connectivity index (χ0) is 16.5. The predicted molar refractivity (Wildman–Crippen MR) is 73.7 cm³/mol. The summed E-state index contributed by atoms with van der Waals surface area (Å²) in [6.45, 7) is 7.45. The van der Waals surface area contributed by atoms with E-state index in [-0.39, 0.29) is 17.6 Å². The second-order valence-electron chi connectivity index (χ2n) is 6.02. The summed E-state index contributed by atoms with van der Waals surface area (Å²) in [7, 11) is -5.61. The van der Waals surface area contributed by atoms with E-state index in [2.05, 4.69) is 9.91 Å². The van der Waals surface area contributed by atoms with Crippen LogP contribution < -0.4 is 0 Å². The summed E-state index contributed by atoms with van der Waals surface area (Å²) in [5.41, 5.74) is -1.40. The molecule has 0 atom stereocenters. The van der Waals surface area contributed by atoms with Gasteiger partial charge in [-0.15, -0.1) is 5.73 Å². The van der Waals surface area contributed by atoms with Gasteiger partial charge in [0.25, 0.3) is 0 Å². The van der Waals surface area contributed by atoms with E-state index < -0.39 is 15.6 Å². The molecule has 0 saturated carbocycles. The van der Waals surface area contributed by atoms with Crippen LogP contribution in [0.1, 0.15) is 47.0 Å². The van der Waals surface area contributed by atoms with E-state index in [0.717, 1.165) is 0 Å². The molecule has 1 aliphatic rings. The molecule has 0 radical (unpaired) electrons. The molecule has 0 heterocycles. The Morgan fingerprint density at radius 3 is 2.24 bits per heavy atom. The zero-order valence-corrected chi connectivity index (χ0v) is 13.3. The van der Waals surface area contributed by atoms with Gasteiger partial charge in [0.05, 0.1) is 0 Å². The van der Waals surface area contributed by atoms with E-state index in [0.29, 0.717) is 24.0 Å². The van der Waals surface area contributed by atoms with Gasteiger partial charge in [0.2, 0.25) is 0 Å². The summed E-state index contributed by atoms with van der Waals surface area (Å²) in [5, 5.41) is 0. The third-order valence-corrected chi connectivity index (χ3v) is 3.86. The van der Waals surface area contributed by atoms with Gasteiger partial charge in [-0.25, -0.2) is 0 Å². The van der Waals surface area contributed by atoms with E-state index in [9.17, 15) is 21.6 Å². The average molecular weight is 324 g/mol. The molecular formula is C14H19F3O3S. The third kappa shape index (κ3) is 4.93. The average Bonchev–Trinajstić information content (AvgIpc) is 2.27. The van der Waals surface area contributed by atoms with E-state index in [1.54, 1.807) is 6.92 Å². The summed E-state index contributed by atoms with van der Waals surface area (Å²) in [6, 6.07) is 0. The number of hydrogen-bond donors (Lipinski definition) is 0. The molecule has 0 fully saturated rings. The minimum Gasteiger partial charge on any atom is -0.380 e. The highest BCUT2D eigenvalue weighted by atomic mass is 32.2. The summed E-state index contributed by atoms with van der Waals surface area (Å²) < 4.78 is 63.5. The predicted octanol–water partition coefficient (Wildman–Crippen LogP) is 4.44. The lowest BCUT2D eigenvalue weighted by molar-refractivity contribution is -0.0524. The van der Waals surface area contributed by atoms with Crippen LogP contribution in [0.2, 0.25) is 0 Å². The van der Waals surface area contributed by atoms with Gasteiger partial charge in [-0.2, -0.15) is 21.6 Å². The quantitative estimate of drug-likeness (QED) is 0.428. The fourth-order valence-electron chi connectivity index (χ4n) is 1.74. The highest BCUT2D eigenvalue weighted by Crippen LogP contribution is 2.34. The molecule has 0 aromatic carbocycles. The Labute approximate surface area is 123 Å². The summed E-state index contributed by atoms with van der Waals surface area (Å²) in [4.78, 5) is 0. The highest BCUT2D eigenvalue weighted by molar-refractivity contribution is 7.87. The second kappa shape index (κ2) is 5.89. The molecule has 1 rings (SSSR count). The molecular weight excluding hydrogens is 305 g/mol. The van der Waals surface area contributed by atoms with Crippen LogP contribution in [0, 0.1) is 5.41 Å². The van der Waals surface area contributed by atoms with E-state index in [1.807, 2.05) is 26.8 Å². The van der Waals surface area contributed by atoms with Crippen molar-refractivity contribution in [1.82, 2.24) is 0 Å². The Kier molecular flexibility index (Phi) is 5.01. The van der Waals surface area contributed by atoms with Crippen molar-refractivity contribution < 1.29 is 25.8 Å². The number of alkyl halides is 3. The molecule has 0 unspecified atom stereocenters. The molecule has 21 heavy (non-hydrogen) atoms. The van der Waals surface area contributed by atoms with Crippen molar-refractivity contribution in [3.63, 3.8) is 0 Å². The topological polar surface area (TPSA) is 43.4 Å². The fourth-order valence-corrected chi connectivity index (χ4v) is 2.30. The van der Waals surface area contributed by atoms with Crippen LogP contribution in [0.25, 0.3) is 0 Å². The van der Waals surface area contributed by atoms with Crippen LogP contribution in [0.5, 0.6) is 0 Å². The van der Waals surface area contributed by atoms with Crippen LogP contribution in [0.15, 0.2) is 28.7 Å². The minimum atomic E-state index is -5.61. The first-order valence-electron chi connectivity index (χ1n) is 6.51. The van der Waals surface area contributed by atoms with Crippen molar-refractivity contribution in [2.24, 2.45) is 5.41 Å². The van der Waals surface area contributed by atoms with Gasteiger partial charge in [-0.05, 0) is 42.4 Å². The molecule has 1 aliphatic carbocycles. The highest BCUT2D eigenvalue weighted by Gasteiger charge is 2.49. The van der Waals surface area contributed by atoms with Gasteiger partial charge in [-0.3, -0.25) is 0 Å². The Balaban J connectivity index is 3.17. The van der Waals surface area contributed by atoms with E-state index in [1.165, 1.54) is 0 Å². The smallest absolute Gasteiger partial charge is 0.380 e. The molecule has 0 aliphatic heterocycles. The molecule has 0 bridgehead atoms. The molecule has 0 amide bonds. The summed E-state index contributed by atoms with van der Waals surface area (Å²) in [6.07, 6.45) is 3.15. The van der Waals surface area contributed by atoms with Gasteiger partial charge in [0.15, 0.2) is 0 Å². The minimum absolute atomic E-state index is 0.121. The molecule has 0 aromatic heterocycles. The maximum atomic E-state index is 12.4. The van der Waals surface area contributed by atoms with Crippen LogP contribution in [-0.2, 0) is 14.3 Å². The van der Waals surface area contributed by atoms with Crippen LogP contribution in [0.3, 0.4) is 0 Å². The monoisotopic (exact) mass is 324 g/mol. The maximum absolute atomic E-state index is 12.4. The third-order valence-electron chi connectivity index (χ3n) is 2.87. The Morgan fingerprint density at radius 1 is 1.19 bits per heavy atom. The molecule has 0 spiro atoms. The fraction of sp³-hybridized carbons (Fsp3) is 0.643. The largest absolute Gasteiger partial charge is 0.534 e. The molecule has 7 heteroatoms. The van der Waals surface area contributed by atoms with Crippen LogP contribution >= 0.6 is 0 Å². The standard InChI is InChI=1S/C14H19F3O3S/c1-10-11(8-9-13(2,3)4)6-5-7-12(10)20-21(18,19)14(15,16)17/h9H,5-7H2,1-4H3. The number of rotatable bonds is 2. The summed E-state index contributed by atoms with van der Waals surface area (Å²) >= 11 is 0. The molecule has 3 nitrogen and oxygen atoms in total. The first kappa shape index (κ1) is 17.9. The molecule has 0 saturated heterocycles. The number of halogens is 3. The lowest BCUT2D eigenvalue weighted by atomic mass is 9.91. The Morgan fingerprint density at radius 2 is 1.76 bits per heavy atom. The lowest BCUT2D eigenvalue weighted by Crippen LogP contribution is -2.26. The van der Waals surface area contributed by atoms with Gasteiger partial charge < -0.3 is 4.18 Å². The normalized spacial score (nSPS) is 17.6. The SMILES string of the molecule is CC1=C(OS(=O)(=O)C(F)(F)F)CCCC1=C=CC(C)(C)C. The van der Waals surface area contributed by atoms with Crippen LogP contribution in [-0.4, -0.2) is 13.9 Å². The first-order chi connectivity index (χ1) is 9.33. The van der Waals surface area contributed by atoms with Crippen molar-refractivity contribution in [1.29, 1.82) is 0 Å². The number of allylic oxidation sites excluding steroid dienone is 3.